The van der Waals surface area contributed by atoms with Crippen molar-refractivity contribution in [2.45, 2.75) is 123 Å². The zero-order valence-electron chi connectivity index (χ0n) is 31.4. The molecule has 1 aromatic carbocycles. The maximum atomic E-state index is 14.5. The summed E-state index contributed by atoms with van der Waals surface area (Å²) in [7, 11) is 1.72. The number of carbonyl (C=O) groups is 2. The third-order valence-corrected chi connectivity index (χ3v) is 11.9. The van der Waals surface area contributed by atoms with Gasteiger partial charge in [-0.1, -0.05) is 19.1 Å². The van der Waals surface area contributed by atoms with Crippen molar-refractivity contribution in [3.05, 3.63) is 60.0 Å². The van der Waals surface area contributed by atoms with Crippen LogP contribution in [0.2, 0.25) is 0 Å². The van der Waals surface area contributed by atoms with Gasteiger partial charge in [-0.05, 0) is 146 Å². The molecule has 2 aliphatic carbocycles. The van der Waals surface area contributed by atoms with E-state index >= 15 is 0 Å². The van der Waals surface area contributed by atoms with E-state index in [1.807, 2.05) is 32.9 Å². The third kappa shape index (κ3) is 7.57. The molecular formula is C41H57N5O4. The van der Waals surface area contributed by atoms with Crippen LogP contribution in [-0.4, -0.2) is 63.5 Å². The average molecular weight is 684 g/mol. The molecule has 3 aromatic rings. The van der Waals surface area contributed by atoms with Crippen LogP contribution in [-0.2, 0) is 15.1 Å². The third-order valence-electron chi connectivity index (χ3n) is 11.9. The number of likely N-dealkylation sites (tertiary alicyclic amines) is 1. The van der Waals surface area contributed by atoms with E-state index in [-0.39, 0.29) is 35.1 Å². The number of aromatic nitrogens is 3. The first-order valence-electron chi connectivity index (χ1n) is 18.7. The van der Waals surface area contributed by atoms with Crippen molar-refractivity contribution in [1.29, 1.82) is 0 Å². The van der Waals surface area contributed by atoms with Crippen molar-refractivity contribution in [3.63, 3.8) is 0 Å². The van der Waals surface area contributed by atoms with Crippen molar-refractivity contribution in [2.24, 2.45) is 17.8 Å². The summed E-state index contributed by atoms with van der Waals surface area (Å²) in [5, 5.41) is 4.62. The number of rotatable bonds is 8. The molecule has 1 saturated heterocycles. The summed E-state index contributed by atoms with van der Waals surface area (Å²) in [5.74, 6) is 3.00. The number of hydrogen-bond acceptors (Lipinski definition) is 6. The van der Waals surface area contributed by atoms with Crippen LogP contribution in [0.5, 0.6) is 5.75 Å². The number of nitrogens with zero attached hydrogens (tertiary/aromatic N) is 5. The molecule has 3 heterocycles. The van der Waals surface area contributed by atoms with Crippen LogP contribution in [0.3, 0.4) is 0 Å². The first-order chi connectivity index (χ1) is 23.7. The molecule has 9 nitrogen and oxygen atoms in total. The van der Waals surface area contributed by atoms with Crippen LogP contribution >= 0.6 is 0 Å². The molecule has 2 aromatic heterocycles. The van der Waals surface area contributed by atoms with E-state index in [1.54, 1.807) is 7.11 Å². The van der Waals surface area contributed by atoms with Crippen molar-refractivity contribution in [3.8, 4) is 16.9 Å². The van der Waals surface area contributed by atoms with Gasteiger partial charge < -0.3 is 14.4 Å². The average Bonchev–Trinajstić information content (AvgIpc) is 3.62. The Kier molecular flexibility index (Phi) is 10.3. The number of methoxy groups -OCH3 is 1. The number of aryl methyl sites for hydroxylation is 1. The SMILES string of the molecule is COc1ccc([C@H]2CC[C@H](CN(c3cc(-c4cnn(C(C)(C)C)c4)ccn3)C(=O)[C@H]3CC[C@H](OC(=O)N4CC(C)C4(C)C)CC3)CC2)cc1C. The van der Waals surface area contributed by atoms with Gasteiger partial charge in [0.1, 0.15) is 17.7 Å². The van der Waals surface area contributed by atoms with Gasteiger partial charge in [-0.25, -0.2) is 9.78 Å². The van der Waals surface area contributed by atoms with Gasteiger partial charge in [-0.15, -0.1) is 0 Å². The fourth-order valence-electron chi connectivity index (χ4n) is 8.02. The Balaban J connectivity index is 1.16. The highest BCUT2D eigenvalue weighted by molar-refractivity contribution is 5.94. The predicted octanol–water partition coefficient (Wildman–Crippen LogP) is 8.75. The molecule has 50 heavy (non-hydrogen) atoms. The van der Waals surface area contributed by atoms with Crippen LogP contribution in [0, 0.1) is 24.7 Å². The number of pyridine rings is 1. The molecule has 6 rings (SSSR count). The minimum absolute atomic E-state index is 0.127. The van der Waals surface area contributed by atoms with Gasteiger partial charge in [0, 0.05) is 42.5 Å². The van der Waals surface area contributed by atoms with E-state index in [9.17, 15) is 9.59 Å². The molecule has 0 N–H and O–H groups in total. The maximum Gasteiger partial charge on any atom is 0.410 e. The Labute approximate surface area is 298 Å². The fraction of sp³-hybridized carbons (Fsp3) is 0.610. The Morgan fingerprint density at radius 1 is 0.980 bits per heavy atom. The van der Waals surface area contributed by atoms with Gasteiger partial charge in [0.05, 0.1) is 18.8 Å². The maximum absolute atomic E-state index is 14.5. The number of carbonyl (C=O) groups excluding carboxylic acids is 2. The Morgan fingerprint density at radius 2 is 1.70 bits per heavy atom. The van der Waals surface area contributed by atoms with E-state index in [2.05, 4.69) is 84.0 Å². The summed E-state index contributed by atoms with van der Waals surface area (Å²) in [5.41, 5.74) is 4.26. The van der Waals surface area contributed by atoms with Gasteiger partial charge >= 0.3 is 6.09 Å². The first kappa shape index (κ1) is 35.9. The molecule has 270 valence electrons. The Bertz CT molecular complexity index is 1660. The van der Waals surface area contributed by atoms with Crippen LogP contribution in [0.25, 0.3) is 11.1 Å². The van der Waals surface area contributed by atoms with E-state index in [1.165, 1.54) is 11.1 Å². The summed E-state index contributed by atoms with van der Waals surface area (Å²) >= 11 is 0. The number of ether oxygens (including phenoxy) is 2. The molecular weight excluding hydrogens is 626 g/mol. The van der Waals surface area contributed by atoms with Crippen LogP contribution in [0.1, 0.15) is 110 Å². The van der Waals surface area contributed by atoms with Gasteiger partial charge in [0.2, 0.25) is 5.91 Å². The molecule has 0 bridgehead atoms. The highest BCUT2D eigenvalue weighted by atomic mass is 16.6. The summed E-state index contributed by atoms with van der Waals surface area (Å²) < 4.78 is 13.4. The van der Waals surface area contributed by atoms with E-state index in [0.717, 1.165) is 49.1 Å². The second kappa shape index (κ2) is 14.4. The normalized spacial score (nSPS) is 25.0. The van der Waals surface area contributed by atoms with Crippen molar-refractivity contribution < 1.29 is 19.1 Å². The molecule has 1 unspecified atom stereocenters. The topological polar surface area (TPSA) is 89.8 Å². The smallest absolute Gasteiger partial charge is 0.410 e. The van der Waals surface area contributed by atoms with Crippen molar-refractivity contribution in [2.75, 3.05) is 25.1 Å². The lowest BCUT2D eigenvalue weighted by Crippen LogP contribution is -2.65. The quantitative estimate of drug-likeness (QED) is 0.236. The van der Waals surface area contributed by atoms with E-state index < -0.39 is 0 Å². The van der Waals surface area contributed by atoms with Gasteiger partial charge in [0.25, 0.3) is 0 Å². The minimum atomic E-state index is -0.222. The zero-order chi connectivity index (χ0) is 35.8. The number of amides is 2. The fourth-order valence-corrected chi connectivity index (χ4v) is 8.02. The van der Waals surface area contributed by atoms with Crippen molar-refractivity contribution in [1.82, 2.24) is 19.7 Å². The van der Waals surface area contributed by atoms with E-state index in [0.29, 0.717) is 55.8 Å². The minimum Gasteiger partial charge on any atom is -0.496 e. The van der Waals surface area contributed by atoms with Gasteiger partial charge in [-0.3, -0.25) is 14.4 Å². The lowest BCUT2D eigenvalue weighted by molar-refractivity contribution is -0.124. The lowest BCUT2D eigenvalue weighted by atomic mass is 9.78. The standard InChI is InChI=1S/C41H57N5O4/c1-27-21-32(15-18-36(27)49-8)30-11-9-29(10-12-30)25-44(37-22-33(19-20-42-37)34-23-43-46(26-34)40(3,4)5)38(47)31-13-16-35(17-14-31)50-39(48)45-24-28(2)41(45,6)7/h15,18-23,26,28-31,35H,9-14,16-17,24-25H2,1-8H3/t28?,29-,30-,31-,35-. The van der Waals surface area contributed by atoms with Crippen molar-refractivity contribution >= 4 is 17.8 Å². The van der Waals surface area contributed by atoms with Crippen LogP contribution < -0.4 is 9.64 Å². The Hall–Kier alpha value is -3.88. The molecule has 2 amide bonds. The van der Waals surface area contributed by atoms with Gasteiger partial charge in [0.15, 0.2) is 0 Å². The lowest BCUT2D eigenvalue weighted by Gasteiger charge is -2.53. The summed E-state index contributed by atoms with van der Waals surface area (Å²) in [6.45, 7) is 16.3. The number of benzene rings is 1. The Morgan fingerprint density at radius 3 is 2.30 bits per heavy atom. The second-order valence-electron chi connectivity index (χ2n) is 16.7. The molecule has 2 saturated carbocycles. The van der Waals surface area contributed by atoms with E-state index in [4.69, 9.17) is 14.5 Å². The molecule has 3 fully saturated rings. The molecule has 3 aliphatic rings. The molecule has 9 heteroatoms. The highest BCUT2D eigenvalue weighted by Gasteiger charge is 2.47. The van der Waals surface area contributed by atoms with Crippen LogP contribution in [0.4, 0.5) is 10.6 Å². The molecule has 0 radical (unpaired) electrons. The first-order valence-corrected chi connectivity index (χ1v) is 18.7. The summed E-state index contributed by atoms with van der Waals surface area (Å²) in [6.07, 6.45) is 12.5. The highest BCUT2D eigenvalue weighted by Crippen LogP contribution is 2.40. The monoisotopic (exact) mass is 683 g/mol. The predicted molar refractivity (Wildman–Crippen MR) is 197 cm³/mol. The number of hydrogen-bond donors (Lipinski definition) is 0. The zero-order valence-corrected chi connectivity index (χ0v) is 31.4. The van der Waals surface area contributed by atoms with Gasteiger partial charge in [-0.2, -0.15) is 5.10 Å². The molecule has 0 spiro atoms. The van der Waals surface area contributed by atoms with Crippen LogP contribution in [0.15, 0.2) is 48.9 Å². The molecule has 1 aliphatic heterocycles. The number of anilines is 1. The summed E-state index contributed by atoms with van der Waals surface area (Å²) in [6, 6.07) is 10.6. The largest absolute Gasteiger partial charge is 0.496 e. The molecule has 1 atom stereocenters. The summed E-state index contributed by atoms with van der Waals surface area (Å²) in [4.78, 5) is 36.1. The second-order valence-corrected chi connectivity index (χ2v) is 16.7.